The zero-order chi connectivity index (χ0) is 15.3. The molecule has 1 heterocycles. The first-order valence-electron chi connectivity index (χ1n) is 6.85. The highest BCUT2D eigenvalue weighted by atomic mass is 16.4. The molecule has 0 aromatic carbocycles. The van der Waals surface area contributed by atoms with Crippen molar-refractivity contribution in [2.24, 2.45) is 5.92 Å². The Labute approximate surface area is 118 Å². The van der Waals surface area contributed by atoms with Crippen LogP contribution in [0.3, 0.4) is 0 Å². The second-order valence-electron chi connectivity index (χ2n) is 5.46. The molecule has 0 aromatic heterocycles. The number of rotatable bonds is 4. The molecule has 0 aliphatic carbocycles. The molecule has 0 bridgehead atoms. The Kier molecular flexibility index (Phi) is 5.79. The predicted octanol–water partition coefficient (Wildman–Crippen LogP) is 0.359. The molecule has 1 unspecified atom stereocenters. The first kappa shape index (κ1) is 16.3. The number of carboxylic acids is 1. The smallest absolute Gasteiger partial charge is 0.326 e. The molecule has 0 saturated carbocycles. The van der Waals surface area contributed by atoms with Crippen LogP contribution in [0.2, 0.25) is 0 Å². The Hall–Kier alpha value is -1.79. The van der Waals surface area contributed by atoms with E-state index in [1.807, 2.05) is 13.8 Å². The lowest BCUT2D eigenvalue weighted by molar-refractivity contribution is -0.139. The van der Waals surface area contributed by atoms with E-state index in [-0.39, 0.29) is 17.9 Å². The van der Waals surface area contributed by atoms with Crippen LogP contribution in [0.4, 0.5) is 4.79 Å². The molecule has 1 fully saturated rings. The predicted molar refractivity (Wildman–Crippen MR) is 73.2 cm³/mol. The van der Waals surface area contributed by atoms with Crippen LogP contribution < -0.4 is 5.32 Å². The van der Waals surface area contributed by atoms with Crippen molar-refractivity contribution in [3.8, 4) is 0 Å². The monoisotopic (exact) mass is 285 g/mol. The number of piperazine rings is 1. The Morgan fingerprint density at radius 3 is 2.00 bits per heavy atom. The van der Waals surface area contributed by atoms with Gasteiger partial charge in [-0.25, -0.2) is 9.59 Å². The van der Waals surface area contributed by atoms with Crippen LogP contribution in [0.1, 0.15) is 27.2 Å². The van der Waals surface area contributed by atoms with Crippen LogP contribution >= 0.6 is 0 Å². The fourth-order valence-corrected chi connectivity index (χ4v) is 2.16. The van der Waals surface area contributed by atoms with E-state index in [9.17, 15) is 14.4 Å². The lowest BCUT2D eigenvalue weighted by Crippen LogP contribution is -2.55. The largest absolute Gasteiger partial charge is 0.480 e. The van der Waals surface area contributed by atoms with Crippen molar-refractivity contribution in [3.63, 3.8) is 0 Å². The number of carboxylic acid groups (broad SMARTS) is 1. The molecule has 1 aliphatic rings. The Morgan fingerprint density at radius 1 is 1.10 bits per heavy atom. The molecule has 0 aromatic rings. The summed E-state index contributed by atoms with van der Waals surface area (Å²) < 4.78 is 0. The van der Waals surface area contributed by atoms with Crippen LogP contribution in [0, 0.1) is 5.92 Å². The molecule has 7 nitrogen and oxygen atoms in total. The Balaban J connectivity index is 2.50. The molecule has 3 amide bonds. The molecule has 1 aliphatic heterocycles. The number of amides is 3. The van der Waals surface area contributed by atoms with Gasteiger partial charge in [-0.15, -0.1) is 0 Å². The molecule has 0 radical (unpaired) electrons. The summed E-state index contributed by atoms with van der Waals surface area (Å²) in [4.78, 5) is 37.5. The fraction of sp³-hybridized carbons (Fsp3) is 0.769. The third kappa shape index (κ3) is 4.71. The van der Waals surface area contributed by atoms with Gasteiger partial charge in [0.15, 0.2) is 0 Å². The maximum absolute atomic E-state index is 12.0. The average Bonchev–Trinajstić information content (AvgIpc) is 2.37. The van der Waals surface area contributed by atoms with Crippen molar-refractivity contribution < 1.29 is 19.5 Å². The van der Waals surface area contributed by atoms with Gasteiger partial charge in [-0.3, -0.25) is 4.79 Å². The van der Waals surface area contributed by atoms with Gasteiger partial charge in [-0.1, -0.05) is 13.8 Å². The lowest BCUT2D eigenvalue weighted by Gasteiger charge is -2.34. The summed E-state index contributed by atoms with van der Waals surface area (Å²) in [7, 11) is 0. The minimum Gasteiger partial charge on any atom is -0.480 e. The number of nitrogens with one attached hydrogen (secondary N) is 1. The summed E-state index contributed by atoms with van der Waals surface area (Å²) in [5.41, 5.74) is 0. The topological polar surface area (TPSA) is 90.0 Å². The van der Waals surface area contributed by atoms with Crippen molar-refractivity contribution in [3.05, 3.63) is 0 Å². The summed E-state index contributed by atoms with van der Waals surface area (Å²) in [5, 5.41) is 11.6. The van der Waals surface area contributed by atoms with Crippen molar-refractivity contribution in [2.75, 3.05) is 26.2 Å². The Bertz CT molecular complexity index is 376. The fourth-order valence-electron chi connectivity index (χ4n) is 2.16. The van der Waals surface area contributed by atoms with Crippen LogP contribution in [-0.4, -0.2) is 65.0 Å². The lowest BCUT2D eigenvalue weighted by atomic mass is 10.0. The minimum atomic E-state index is -1.02. The first-order valence-corrected chi connectivity index (χ1v) is 6.85. The van der Waals surface area contributed by atoms with Crippen molar-refractivity contribution in [2.45, 2.75) is 33.2 Å². The van der Waals surface area contributed by atoms with Gasteiger partial charge in [0.1, 0.15) is 6.04 Å². The van der Waals surface area contributed by atoms with Gasteiger partial charge in [-0.05, 0) is 12.3 Å². The minimum absolute atomic E-state index is 0.00622. The van der Waals surface area contributed by atoms with Gasteiger partial charge in [0.2, 0.25) is 5.91 Å². The third-order valence-electron chi connectivity index (χ3n) is 3.32. The molecule has 1 rings (SSSR count). The van der Waals surface area contributed by atoms with Gasteiger partial charge >= 0.3 is 12.0 Å². The summed E-state index contributed by atoms with van der Waals surface area (Å²) in [6.07, 6.45) is 0.397. The highest BCUT2D eigenvalue weighted by Crippen LogP contribution is 2.07. The van der Waals surface area contributed by atoms with Crippen molar-refractivity contribution >= 4 is 17.9 Å². The summed E-state index contributed by atoms with van der Waals surface area (Å²) in [6.45, 7) is 7.16. The van der Waals surface area contributed by atoms with E-state index in [2.05, 4.69) is 5.32 Å². The second-order valence-corrected chi connectivity index (χ2v) is 5.46. The quantitative estimate of drug-likeness (QED) is 0.780. The van der Waals surface area contributed by atoms with E-state index in [1.54, 1.807) is 9.80 Å². The van der Waals surface area contributed by atoms with Crippen LogP contribution in [0.5, 0.6) is 0 Å². The molecule has 1 saturated heterocycles. The molecule has 0 spiro atoms. The van der Waals surface area contributed by atoms with Crippen LogP contribution in [0.25, 0.3) is 0 Å². The van der Waals surface area contributed by atoms with Gasteiger partial charge in [0.05, 0.1) is 0 Å². The number of carbonyl (C=O) groups is 3. The first-order chi connectivity index (χ1) is 9.31. The summed E-state index contributed by atoms with van der Waals surface area (Å²) in [5.74, 6) is -0.839. The van der Waals surface area contributed by atoms with E-state index in [0.717, 1.165) is 0 Å². The zero-order valence-electron chi connectivity index (χ0n) is 12.3. The van der Waals surface area contributed by atoms with E-state index in [0.29, 0.717) is 32.6 Å². The van der Waals surface area contributed by atoms with Gasteiger partial charge < -0.3 is 20.2 Å². The van der Waals surface area contributed by atoms with Gasteiger partial charge in [-0.2, -0.15) is 0 Å². The third-order valence-corrected chi connectivity index (χ3v) is 3.32. The van der Waals surface area contributed by atoms with Gasteiger partial charge in [0.25, 0.3) is 0 Å². The number of hydrogen-bond acceptors (Lipinski definition) is 3. The highest BCUT2D eigenvalue weighted by molar-refractivity contribution is 5.82. The normalized spacial score (nSPS) is 17.0. The number of urea groups is 1. The summed E-state index contributed by atoms with van der Waals surface area (Å²) in [6, 6.07) is -1.24. The molecule has 7 heteroatoms. The maximum Gasteiger partial charge on any atom is 0.326 e. The molecule has 2 N–H and O–H groups in total. The molecule has 114 valence electrons. The molecule has 1 atom stereocenters. The second kappa shape index (κ2) is 7.12. The molecule has 20 heavy (non-hydrogen) atoms. The maximum atomic E-state index is 12.0. The highest BCUT2D eigenvalue weighted by Gasteiger charge is 2.26. The number of nitrogens with zero attached hydrogens (tertiary/aromatic N) is 2. The van der Waals surface area contributed by atoms with Crippen LogP contribution in [-0.2, 0) is 9.59 Å². The standard InChI is InChI=1S/C13H23N3O4/c1-9(2)8-11(12(18)19)14-13(20)16-6-4-15(5-7-16)10(3)17/h9,11H,4-8H2,1-3H3,(H,14,20)(H,18,19). The molecular weight excluding hydrogens is 262 g/mol. The van der Waals surface area contributed by atoms with Crippen LogP contribution in [0.15, 0.2) is 0 Å². The SMILES string of the molecule is CC(=O)N1CCN(C(=O)NC(CC(C)C)C(=O)O)CC1. The van der Waals surface area contributed by atoms with Gasteiger partial charge in [0, 0.05) is 33.1 Å². The average molecular weight is 285 g/mol. The number of aliphatic carboxylic acids is 1. The van der Waals surface area contributed by atoms with E-state index >= 15 is 0 Å². The molecular formula is C13H23N3O4. The van der Waals surface area contributed by atoms with E-state index in [1.165, 1.54) is 6.92 Å². The van der Waals surface area contributed by atoms with Crippen molar-refractivity contribution in [1.29, 1.82) is 0 Å². The summed E-state index contributed by atoms with van der Waals surface area (Å²) >= 11 is 0. The Morgan fingerprint density at radius 2 is 1.60 bits per heavy atom. The van der Waals surface area contributed by atoms with E-state index < -0.39 is 12.0 Å². The van der Waals surface area contributed by atoms with E-state index in [4.69, 9.17) is 5.11 Å². The van der Waals surface area contributed by atoms with Crippen molar-refractivity contribution in [1.82, 2.24) is 15.1 Å². The zero-order valence-corrected chi connectivity index (χ0v) is 12.3. The number of hydrogen-bond donors (Lipinski definition) is 2. The number of carbonyl (C=O) groups excluding carboxylic acids is 2.